The predicted octanol–water partition coefficient (Wildman–Crippen LogP) is 2.53. The third-order valence-corrected chi connectivity index (χ3v) is 4.48. The molecule has 1 aromatic heterocycles. The first-order chi connectivity index (χ1) is 11.9. The number of benzene rings is 2. The van der Waals surface area contributed by atoms with Gasteiger partial charge >= 0.3 is 0 Å². The highest BCUT2D eigenvalue weighted by molar-refractivity contribution is 5.83. The summed E-state index contributed by atoms with van der Waals surface area (Å²) in [6, 6.07) is 13.2. The molecule has 0 radical (unpaired) electrons. The molecule has 0 fully saturated rings. The van der Waals surface area contributed by atoms with Crippen molar-refractivity contribution in [1.29, 1.82) is 5.26 Å². The molecule has 0 spiro atoms. The molecular weight excluding hydrogens is 314 g/mol. The van der Waals surface area contributed by atoms with Crippen LogP contribution in [0.2, 0.25) is 0 Å². The summed E-state index contributed by atoms with van der Waals surface area (Å²) in [7, 11) is 0. The molecular formula is C19H19N5O. The summed E-state index contributed by atoms with van der Waals surface area (Å²) >= 11 is 0. The number of aromatic nitrogens is 2. The number of nitrogens with two attached hydrogens (primary N) is 2. The first-order valence-electron chi connectivity index (χ1n) is 7.96. The van der Waals surface area contributed by atoms with Crippen LogP contribution in [0.15, 0.2) is 36.4 Å². The number of hydrogen-bond acceptors (Lipinski definition) is 4. The second kappa shape index (κ2) is 6.38. The van der Waals surface area contributed by atoms with Gasteiger partial charge in [0.15, 0.2) is 0 Å². The van der Waals surface area contributed by atoms with Crippen molar-refractivity contribution in [3.8, 4) is 17.2 Å². The minimum absolute atomic E-state index is 0.457. The third kappa shape index (κ3) is 3.10. The molecule has 0 saturated heterocycles. The summed E-state index contributed by atoms with van der Waals surface area (Å²) in [6.07, 6.45) is 0. The van der Waals surface area contributed by atoms with Crippen LogP contribution in [0.1, 0.15) is 29.9 Å². The molecule has 25 heavy (non-hydrogen) atoms. The molecule has 0 aliphatic heterocycles. The molecule has 1 heterocycles. The molecule has 0 bridgehead atoms. The van der Waals surface area contributed by atoms with Crippen LogP contribution in [-0.2, 0) is 4.79 Å². The minimum atomic E-state index is -0.578. The van der Waals surface area contributed by atoms with Gasteiger partial charge < -0.3 is 16.5 Å². The fourth-order valence-electron chi connectivity index (χ4n) is 2.75. The molecule has 2 aromatic carbocycles. The van der Waals surface area contributed by atoms with E-state index in [9.17, 15) is 4.79 Å². The van der Waals surface area contributed by atoms with Crippen molar-refractivity contribution >= 4 is 16.9 Å². The van der Waals surface area contributed by atoms with Gasteiger partial charge in [-0.2, -0.15) is 5.26 Å². The van der Waals surface area contributed by atoms with E-state index in [0.29, 0.717) is 11.4 Å². The van der Waals surface area contributed by atoms with Crippen molar-refractivity contribution < 1.29 is 4.79 Å². The van der Waals surface area contributed by atoms with Gasteiger partial charge in [-0.05, 0) is 41.8 Å². The Morgan fingerprint density at radius 2 is 1.92 bits per heavy atom. The van der Waals surface area contributed by atoms with Crippen molar-refractivity contribution in [2.45, 2.75) is 19.9 Å². The van der Waals surface area contributed by atoms with Crippen LogP contribution in [-0.4, -0.2) is 15.9 Å². The number of aromatic amines is 1. The number of nitrogens with zero attached hydrogens (tertiary/aromatic N) is 2. The van der Waals surface area contributed by atoms with Gasteiger partial charge in [0.1, 0.15) is 5.82 Å². The number of H-pyrrole nitrogens is 1. The highest BCUT2D eigenvalue weighted by Crippen LogP contribution is 2.27. The Morgan fingerprint density at radius 1 is 1.24 bits per heavy atom. The van der Waals surface area contributed by atoms with Crippen LogP contribution in [0.5, 0.6) is 0 Å². The van der Waals surface area contributed by atoms with E-state index in [1.807, 2.05) is 43.3 Å². The van der Waals surface area contributed by atoms with E-state index in [1.54, 1.807) is 6.92 Å². The summed E-state index contributed by atoms with van der Waals surface area (Å²) < 4.78 is 0. The molecule has 2 atom stereocenters. The number of rotatable bonds is 4. The average molecular weight is 333 g/mol. The quantitative estimate of drug-likeness (QED) is 0.679. The summed E-state index contributed by atoms with van der Waals surface area (Å²) in [5, 5.41) is 9.05. The van der Waals surface area contributed by atoms with Gasteiger partial charge in [0.05, 0.1) is 34.6 Å². The molecule has 3 rings (SSSR count). The van der Waals surface area contributed by atoms with Gasteiger partial charge in [0, 0.05) is 0 Å². The lowest BCUT2D eigenvalue weighted by Gasteiger charge is -2.13. The molecule has 0 saturated carbocycles. The maximum atomic E-state index is 11.3. The van der Waals surface area contributed by atoms with Crippen molar-refractivity contribution in [3.05, 3.63) is 53.3 Å². The van der Waals surface area contributed by atoms with E-state index >= 15 is 0 Å². The summed E-state index contributed by atoms with van der Waals surface area (Å²) in [4.78, 5) is 19.0. The lowest BCUT2D eigenvalue weighted by molar-refractivity contribution is -0.121. The first-order valence-corrected chi connectivity index (χ1v) is 7.96. The van der Waals surface area contributed by atoms with Gasteiger partial charge in [-0.15, -0.1) is 0 Å². The van der Waals surface area contributed by atoms with Crippen LogP contribution in [0, 0.1) is 24.2 Å². The number of amides is 1. The molecule has 0 aliphatic carbocycles. The van der Waals surface area contributed by atoms with Gasteiger partial charge in [-0.3, -0.25) is 4.79 Å². The van der Waals surface area contributed by atoms with Crippen LogP contribution >= 0.6 is 0 Å². The topological polar surface area (TPSA) is 122 Å². The predicted molar refractivity (Wildman–Crippen MR) is 96.3 cm³/mol. The van der Waals surface area contributed by atoms with E-state index in [-0.39, 0.29) is 0 Å². The molecule has 126 valence electrons. The maximum Gasteiger partial charge on any atom is 0.222 e. The Hall–Kier alpha value is -3.17. The standard InChI is InChI=1S/C19H19N5O/c1-10-7-12(3-4-14(10)9-20)13-5-6-15-16(8-13)24-19(23-15)17(21)11(2)18(22)25/h3-8,11,17H,21H2,1-2H3,(H2,22,25)(H,23,24). The Morgan fingerprint density at radius 3 is 2.56 bits per heavy atom. The first kappa shape index (κ1) is 16.7. The fourth-order valence-corrected chi connectivity index (χ4v) is 2.75. The van der Waals surface area contributed by atoms with Crippen molar-refractivity contribution in [3.63, 3.8) is 0 Å². The van der Waals surface area contributed by atoms with Crippen LogP contribution in [0.3, 0.4) is 0 Å². The highest BCUT2D eigenvalue weighted by atomic mass is 16.1. The number of nitriles is 1. The molecule has 6 nitrogen and oxygen atoms in total. The monoisotopic (exact) mass is 333 g/mol. The molecule has 6 heteroatoms. The number of hydrogen-bond donors (Lipinski definition) is 3. The van der Waals surface area contributed by atoms with Gasteiger partial charge in [0.25, 0.3) is 0 Å². The molecule has 3 aromatic rings. The van der Waals surface area contributed by atoms with Crippen LogP contribution in [0.25, 0.3) is 22.2 Å². The second-order valence-electron chi connectivity index (χ2n) is 6.21. The van der Waals surface area contributed by atoms with Crippen LogP contribution in [0.4, 0.5) is 0 Å². The third-order valence-electron chi connectivity index (χ3n) is 4.48. The number of carbonyl (C=O) groups excluding carboxylic acids is 1. The molecule has 0 aliphatic rings. The molecule has 2 unspecified atom stereocenters. The lowest BCUT2D eigenvalue weighted by atomic mass is 10.00. The maximum absolute atomic E-state index is 11.3. The summed E-state index contributed by atoms with van der Waals surface area (Å²) in [5.41, 5.74) is 16.6. The van der Waals surface area contributed by atoms with E-state index in [2.05, 4.69) is 16.0 Å². The number of carbonyl (C=O) groups is 1. The van der Waals surface area contributed by atoms with Crippen molar-refractivity contribution in [2.24, 2.45) is 17.4 Å². The summed E-state index contributed by atoms with van der Waals surface area (Å²) in [5.74, 6) is -0.433. The Balaban J connectivity index is 1.99. The SMILES string of the molecule is Cc1cc(-c2ccc3nc(C(N)C(C)C(N)=O)[nH]c3c2)ccc1C#N. The minimum Gasteiger partial charge on any atom is -0.369 e. The van der Waals surface area contributed by atoms with E-state index < -0.39 is 17.9 Å². The zero-order chi connectivity index (χ0) is 18.1. The number of primary amides is 1. The second-order valence-corrected chi connectivity index (χ2v) is 6.21. The van der Waals surface area contributed by atoms with E-state index in [0.717, 1.165) is 27.7 Å². The van der Waals surface area contributed by atoms with Crippen molar-refractivity contribution in [1.82, 2.24) is 9.97 Å². The normalized spacial score (nSPS) is 13.4. The number of imidazole rings is 1. The number of fused-ring (bicyclic) bond motifs is 1. The fraction of sp³-hybridized carbons (Fsp3) is 0.211. The van der Waals surface area contributed by atoms with E-state index in [4.69, 9.17) is 16.7 Å². The Labute approximate surface area is 145 Å². The zero-order valence-electron chi connectivity index (χ0n) is 14.1. The summed E-state index contributed by atoms with van der Waals surface area (Å²) in [6.45, 7) is 3.60. The van der Waals surface area contributed by atoms with E-state index in [1.165, 1.54) is 0 Å². The van der Waals surface area contributed by atoms with Crippen molar-refractivity contribution in [2.75, 3.05) is 0 Å². The Kier molecular flexibility index (Phi) is 4.26. The molecule has 1 amide bonds. The largest absolute Gasteiger partial charge is 0.369 e. The lowest BCUT2D eigenvalue weighted by Crippen LogP contribution is -2.31. The number of aryl methyl sites for hydroxylation is 1. The number of nitrogens with one attached hydrogen (secondary N) is 1. The Bertz CT molecular complexity index is 999. The van der Waals surface area contributed by atoms with Gasteiger partial charge in [-0.1, -0.05) is 25.1 Å². The zero-order valence-corrected chi connectivity index (χ0v) is 14.1. The van der Waals surface area contributed by atoms with Gasteiger partial charge in [-0.25, -0.2) is 4.98 Å². The molecule has 5 N–H and O–H groups in total. The highest BCUT2D eigenvalue weighted by Gasteiger charge is 2.22. The van der Waals surface area contributed by atoms with Gasteiger partial charge in [0.2, 0.25) is 5.91 Å². The smallest absolute Gasteiger partial charge is 0.222 e. The average Bonchev–Trinajstić information content (AvgIpc) is 3.03. The van der Waals surface area contributed by atoms with Crippen LogP contribution < -0.4 is 11.5 Å².